The number of nitrogens with one attached hydrogen (secondary N) is 1. The molecule has 0 saturated carbocycles. The third kappa shape index (κ3) is 3.55. The summed E-state index contributed by atoms with van der Waals surface area (Å²) in [6.07, 6.45) is 0. The van der Waals surface area contributed by atoms with E-state index in [0.29, 0.717) is 5.75 Å². The average molecular weight is 278 g/mol. The Morgan fingerprint density at radius 3 is 2.26 bits per heavy atom. The second-order valence-corrected chi connectivity index (χ2v) is 4.49. The summed E-state index contributed by atoms with van der Waals surface area (Å²) in [5, 5.41) is 4.07. The van der Waals surface area contributed by atoms with Crippen LogP contribution in [-0.4, -0.2) is 14.2 Å². The van der Waals surface area contributed by atoms with Crippen LogP contribution in [0.3, 0.4) is 0 Å². The van der Waals surface area contributed by atoms with Gasteiger partial charge in [-0.25, -0.2) is 0 Å². The number of rotatable bonds is 5. The third-order valence-corrected chi connectivity index (χ3v) is 3.05. The van der Waals surface area contributed by atoms with Gasteiger partial charge in [-0.2, -0.15) is 0 Å². The first-order valence-electron chi connectivity index (χ1n) is 5.93. The first-order valence-corrected chi connectivity index (χ1v) is 6.31. The fourth-order valence-corrected chi connectivity index (χ4v) is 1.88. The summed E-state index contributed by atoms with van der Waals surface area (Å²) in [4.78, 5) is 0. The van der Waals surface area contributed by atoms with E-state index >= 15 is 0 Å². The van der Waals surface area contributed by atoms with Crippen LogP contribution in [0, 0.1) is 0 Å². The van der Waals surface area contributed by atoms with Gasteiger partial charge in [-0.1, -0.05) is 23.7 Å². The highest BCUT2D eigenvalue weighted by molar-refractivity contribution is 6.30. The van der Waals surface area contributed by atoms with Gasteiger partial charge in [-0.05, 0) is 29.8 Å². The molecule has 2 rings (SSSR count). The highest BCUT2D eigenvalue weighted by atomic mass is 35.5. The lowest BCUT2D eigenvalue weighted by Crippen LogP contribution is -2.00. The minimum Gasteiger partial charge on any atom is -0.493 e. The maximum absolute atomic E-state index is 5.85. The van der Waals surface area contributed by atoms with Gasteiger partial charge in [-0.15, -0.1) is 0 Å². The molecule has 2 aromatic rings. The first kappa shape index (κ1) is 13.6. The molecule has 19 heavy (non-hydrogen) atoms. The van der Waals surface area contributed by atoms with Crippen molar-refractivity contribution in [2.75, 3.05) is 19.5 Å². The normalized spacial score (nSPS) is 10.1. The molecule has 0 aliphatic rings. The second kappa shape index (κ2) is 6.34. The van der Waals surface area contributed by atoms with E-state index in [1.807, 2.05) is 42.5 Å². The van der Waals surface area contributed by atoms with Crippen LogP contribution in [0.5, 0.6) is 11.5 Å². The quantitative estimate of drug-likeness (QED) is 0.897. The third-order valence-electron chi connectivity index (χ3n) is 2.79. The molecule has 4 heteroatoms. The van der Waals surface area contributed by atoms with Gasteiger partial charge in [0, 0.05) is 23.3 Å². The van der Waals surface area contributed by atoms with Gasteiger partial charge in [0.1, 0.15) is 0 Å². The smallest absolute Gasteiger partial charge is 0.162 e. The second-order valence-electron chi connectivity index (χ2n) is 4.05. The zero-order chi connectivity index (χ0) is 13.7. The number of halogens is 1. The summed E-state index contributed by atoms with van der Waals surface area (Å²) in [6.45, 7) is 0.729. The molecule has 0 spiro atoms. The Labute approximate surface area is 118 Å². The van der Waals surface area contributed by atoms with Gasteiger partial charge in [0.25, 0.3) is 0 Å². The zero-order valence-corrected chi connectivity index (χ0v) is 11.7. The fraction of sp³-hybridized carbons (Fsp3) is 0.200. The Morgan fingerprint density at radius 2 is 1.63 bits per heavy atom. The van der Waals surface area contributed by atoms with Crippen molar-refractivity contribution in [1.29, 1.82) is 0 Å². The lowest BCUT2D eigenvalue weighted by Gasteiger charge is -2.11. The molecule has 0 saturated heterocycles. The molecule has 0 aliphatic carbocycles. The zero-order valence-electron chi connectivity index (χ0n) is 10.9. The number of anilines is 1. The van der Waals surface area contributed by atoms with Crippen molar-refractivity contribution in [2.45, 2.75) is 6.54 Å². The summed E-state index contributed by atoms with van der Waals surface area (Å²) in [5.74, 6) is 1.43. The van der Waals surface area contributed by atoms with Crippen LogP contribution < -0.4 is 14.8 Å². The van der Waals surface area contributed by atoms with E-state index < -0.39 is 0 Å². The highest BCUT2D eigenvalue weighted by Crippen LogP contribution is 2.29. The molecule has 3 nitrogen and oxygen atoms in total. The number of hydrogen-bond acceptors (Lipinski definition) is 3. The lowest BCUT2D eigenvalue weighted by atomic mass is 10.2. The molecule has 0 aromatic heterocycles. The molecule has 0 unspecified atom stereocenters. The predicted molar refractivity (Wildman–Crippen MR) is 78.3 cm³/mol. The van der Waals surface area contributed by atoms with Crippen LogP contribution in [0.1, 0.15) is 5.56 Å². The highest BCUT2D eigenvalue weighted by Gasteiger charge is 2.04. The van der Waals surface area contributed by atoms with Gasteiger partial charge in [0.05, 0.1) is 14.2 Å². The first-order chi connectivity index (χ1) is 9.22. The van der Waals surface area contributed by atoms with Crippen LogP contribution in [0.25, 0.3) is 0 Å². The largest absolute Gasteiger partial charge is 0.493 e. The van der Waals surface area contributed by atoms with Crippen LogP contribution in [0.15, 0.2) is 42.5 Å². The van der Waals surface area contributed by atoms with Gasteiger partial charge >= 0.3 is 0 Å². The topological polar surface area (TPSA) is 30.5 Å². The van der Waals surface area contributed by atoms with Crippen molar-refractivity contribution in [3.63, 3.8) is 0 Å². The average Bonchev–Trinajstić information content (AvgIpc) is 2.46. The van der Waals surface area contributed by atoms with Crippen molar-refractivity contribution >= 4 is 17.3 Å². The molecule has 0 radical (unpaired) electrons. The van der Waals surface area contributed by atoms with Gasteiger partial charge in [0.2, 0.25) is 0 Å². The van der Waals surface area contributed by atoms with Crippen molar-refractivity contribution in [3.8, 4) is 11.5 Å². The molecule has 0 amide bonds. The van der Waals surface area contributed by atoms with Crippen LogP contribution >= 0.6 is 11.6 Å². The van der Waals surface area contributed by atoms with Crippen molar-refractivity contribution in [3.05, 3.63) is 53.1 Å². The summed E-state index contributed by atoms with van der Waals surface area (Å²) < 4.78 is 10.5. The molecular formula is C15H16ClNO2. The van der Waals surface area contributed by atoms with E-state index in [9.17, 15) is 0 Å². The van der Waals surface area contributed by atoms with Crippen LogP contribution in [0.2, 0.25) is 5.02 Å². The molecule has 0 fully saturated rings. The van der Waals surface area contributed by atoms with Crippen molar-refractivity contribution in [2.24, 2.45) is 0 Å². The minimum atomic E-state index is 0.712. The monoisotopic (exact) mass is 277 g/mol. The van der Waals surface area contributed by atoms with E-state index in [4.69, 9.17) is 21.1 Å². The maximum Gasteiger partial charge on any atom is 0.162 e. The fourth-order valence-electron chi connectivity index (χ4n) is 1.75. The number of hydrogen-bond donors (Lipinski definition) is 1. The molecule has 0 aliphatic heterocycles. The Bertz CT molecular complexity index is 540. The van der Waals surface area contributed by atoms with Crippen LogP contribution in [0.4, 0.5) is 5.69 Å². The Balaban J connectivity index is 2.05. The summed E-state index contributed by atoms with van der Waals surface area (Å²) in [7, 11) is 3.25. The number of ether oxygens (including phenoxy) is 2. The summed E-state index contributed by atoms with van der Waals surface area (Å²) in [5.41, 5.74) is 2.15. The Morgan fingerprint density at radius 1 is 0.947 bits per heavy atom. The molecule has 100 valence electrons. The molecule has 0 atom stereocenters. The maximum atomic E-state index is 5.85. The predicted octanol–water partition coefficient (Wildman–Crippen LogP) is 3.97. The lowest BCUT2D eigenvalue weighted by molar-refractivity contribution is 0.355. The minimum absolute atomic E-state index is 0.712. The number of benzene rings is 2. The summed E-state index contributed by atoms with van der Waals surface area (Å²) in [6, 6.07) is 13.5. The summed E-state index contributed by atoms with van der Waals surface area (Å²) >= 11 is 5.85. The molecule has 1 N–H and O–H groups in total. The molecular weight excluding hydrogens is 262 g/mol. The van der Waals surface area contributed by atoms with Crippen molar-refractivity contribution < 1.29 is 9.47 Å². The van der Waals surface area contributed by atoms with E-state index in [1.54, 1.807) is 14.2 Å². The number of methoxy groups -OCH3 is 2. The van der Waals surface area contributed by atoms with Crippen LogP contribution in [-0.2, 0) is 6.54 Å². The van der Waals surface area contributed by atoms with Gasteiger partial charge in [-0.3, -0.25) is 0 Å². The van der Waals surface area contributed by atoms with Gasteiger partial charge in [0.15, 0.2) is 11.5 Å². The van der Waals surface area contributed by atoms with E-state index in [1.165, 1.54) is 5.56 Å². The van der Waals surface area contributed by atoms with E-state index in [-0.39, 0.29) is 0 Å². The molecule has 0 bridgehead atoms. The van der Waals surface area contributed by atoms with Gasteiger partial charge < -0.3 is 14.8 Å². The Kier molecular flexibility index (Phi) is 4.53. The van der Waals surface area contributed by atoms with E-state index in [0.717, 1.165) is 23.0 Å². The standard InChI is InChI=1S/C15H16ClNO2/c1-18-14-8-7-13(9-15(14)19-2)17-10-11-3-5-12(16)6-4-11/h3-9,17H,10H2,1-2H3. The Hall–Kier alpha value is -1.87. The molecule has 0 heterocycles. The van der Waals surface area contributed by atoms with Crippen molar-refractivity contribution in [1.82, 2.24) is 0 Å². The van der Waals surface area contributed by atoms with E-state index in [2.05, 4.69) is 5.32 Å². The SMILES string of the molecule is COc1ccc(NCc2ccc(Cl)cc2)cc1OC. The molecule has 2 aromatic carbocycles.